The van der Waals surface area contributed by atoms with Gasteiger partial charge in [0.25, 0.3) is 0 Å². The number of nitrogens with zero attached hydrogens (tertiary/aromatic N) is 2. The first kappa shape index (κ1) is 21.8. The molecule has 138 valence electrons. The lowest BCUT2D eigenvalue weighted by Crippen LogP contribution is -2.38. The van der Waals surface area contributed by atoms with Crippen molar-refractivity contribution >= 4 is 41.3 Å². The first-order valence-corrected chi connectivity index (χ1v) is 8.70. The summed E-state index contributed by atoms with van der Waals surface area (Å²) in [7, 11) is 0. The number of nitrogens with one attached hydrogen (secondary N) is 2. The summed E-state index contributed by atoms with van der Waals surface area (Å²) in [4.78, 5) is 10.1. The highest BCUT2D eigenvalue weighted by molar-refractivity contribution is 14.0. The van der Waals surface area contributed by atoms with Crippen molar-refractivity contribution in [1.82, 2.24) is 15.6 Å². The third-order valence-corrected chi connectivity index (χ3v) is 4.48. The highest BCUT2D eigenvalue weighted by Gasteiger charge is 2.06. The minimum absolute atomic E-state index is 0. The van der Waals surface area contributed by atoms with Crippen LogP contribution in [0.3, 0.4) is 0 Å². The lowest BCUT2D eigenvalue weighted by molar-refractivity contribution is 0.570. The van der Waals surface area contributed by atoms with E-state index in [2.05, 4.69) is 20.6 Å². The van der Waals surface area contributed by atoms with Crippen molar-refractivity contribution in [3.05, 3.63) is 51.0 Å². The normalized spacial score (nSPS) is 11.2. The van der Waals surface area contributed by atoms with E-state index in [-0.39, 0.29) is 24.0 Å². The van der Waals surface area contributed by atoms with E-state index < -0.39 is 11.6 Å². The number of guanidine groups is 1. The Morgan fingerprint density at radius 3 is 2.60 bits per heavy atom. The van der Waals surface area contributed by atoms with Crippen LogP contribution < -0.4 is 10.6 Å². The summed E-state index contributed by atoms with van der Waals surface area (Å²) < 4.78 is 26.5. The van der Waals surface area contributed by atoms with Gasteiger partial charge in [0, 0.05) is 24.0 Å². The molecule has 8 heteroatoms. The quantitative estimate of drug-likeness (QED) is 0.374. The van der Waals surface area contributed by atoms with Gasteiger partial charge < -0.3 is 10.6 Å². The molecule has 0 radical (unpaired) electrons. The molecule has 1 heterocycles. The van der Waals surface area contributed by atoms with Crippen LogP contribution in [0.2, 0.25) is 0 Å². The van der Waals surface area contributed by atoms with Crippen molar-refractivity contribution in [2.45, 2.75) is 33.7 Å². The van der Waals surface area contributed by atoms with E-state index in [0.29, 0.717) is 31.0 Å². The second-order valence-corrected chi connectivity index (χ2v) is 6.64. The molecule has 2 N–H and O–H groups in total. The van der Waals surface area contributed by atoms with E-state index in [1.54, 1.807) is 11.3 Å². The van der Waals surface area contributed by atoms with Gasteiger partial charge in [-0.3, -0.25) is 0 Å². The zero-order chi connectivity index (χ0) is 17.5. The van der Waals surface area contributed by atoms with Crippen molar-refractivity contribution < 1.29 is 8.78 Å². The Balaban J connectivity index is 0.00000312. The first-order valence-electron chi connectivity index (χ1n) is 7.88. The van der Waals surface area contributed by atoms with Crippen LogP contribution >= 0.6 is 35.3 Å². The summed E-state index contributed by atoms with van der Waals surface area (Å²) in [5.74, 6) is -0.408. The van der Waals surface area contributed by atoms with Crippen LogP contribution in [0.25, 0.3) is 0 Å². The monoisotopic (exact) mass is 480 g/mol. The van der Waals surface area contributed by atoms with E-state index in [4.69, 9.17) is 0 Å². The van der Waals surface area contributed by atoms with Crippen molar-refractivity contribution in [3.8, 4) is 0 Å². The van der Waals surface area contributed by atoms with Crippen LogP contribution in [0.15, 0.2) is 23.2 Å². The molecule has 0 fully saturated rings. The summed E-state index contributed by atoms with van der Waals surface area (Å²) in [6, 6.07) is 3.65. The van der Waals surface area contributed by atoms with Gasteiger partial charge >= 0.3 is 0 Å². The maximum Gasteiger partial charge on any atom is 0.191 e. The van der Waals surface area contributed by atoms with E-state index in [1.165, 1.54) is 12.1 Å². The SMILES string of the molecule is CCNC(=NCc1sc(C)nc1C)NCCc1ccc(F)cc1F.I. The molecule has 0 aliphatic heterocycles. The molecule has 2 rings (SSSR count). The predicted molar refractivity (Wildman–Crippen MR) is 110 cm³/mol. The first-order chi connectivity index (χ1) is 11.5. The van der Waals surface area contributed by atoms with E-state index in [0.717, 1.165) is 28.2 Å². The van der Waals surface area contributed by atoms with Crippen LogP contribution in [-0.2, 0) is 13.0 Å². The smallest absolute Gasteiger partial charge is 0.191 e. The minimum atomic E-state index is -0.561. The molecule has 1 aromatic carbocycles. The molecule has 0 amide bonds. The lowest BCUT2D eigenvalue weighted by atomic mass is 10.1. The van der Waals surface area contributed by atoms with Gasteiger partial charge in [0.2, 0.25) is 0 Å². The molecule has 0 unspecified atom stereocenters. The molecule has 0 bridgehead atoms. The summed E-state index contributed by atoms with van der Waals surface area (Å²) in [5, 5.41) is 7.36. The number of hydrogen-bond donors (Lipinski definition) is 2. The number of aromatic nitrogens is 1. The van der Waals surface area contributed by atoms with Gasteiger partial charge in [-0.05, 0) is 38.8 Å². The molecule has 0 aliphatic carbocycles. The lowest BCUT2D eigenvalue weighted by Gasteiger charge is -2.11. The largest absolute Gasteiger partial charge is 0.357 e. The number of halogens is 3. The minimum Gasteiger partial charge on any atom is -0.357 e. The summed E-state index contributed by atoms with van der Waals surface area (Å²) in [6.07, 6.45) is 0.454. The summed E-state index contributed by atoms with van der Waals surface area (Å²) in [6.45, 7) is 7.74. The molecule has 2 aromatic rings. The van der Waals surface area contributed by atoms with E-state index in [1.807, 2.05) is 20.8 Å². The maximum atomic E-state index is 13.6. The number of aliphatic imine (C=N–C) groups is 1. The van der Waals surface area contributed by atoms with Crippen LogP contribution in [-0.4, -0.2) is 24.0 Å². The fourth-order valence-corrected chi connectivity index (χ4v) is 3.11. The average Bonchev–Trinajstić information content (AvgIpc) is 2.84. The highest BCUT2D eigenvalue weighted by Crippen LogP contribution is 2.17. The topological polar surface area (TPSA) is 49.3 Å². The molecule has 4 nitrogen and oxygen atoms in total. The van der Waals surface area contributed by atoms with Gasteiger partial charge in [-0.25, -0.2) is 18.8 Å². The van der Waals surface area contributed by atoms with Gasteiger partial charge in [-0.2, -0.15) is 0 Å². The van der Waals surface area contributed by atoms with Crippen molar-refractivity contribution in [2.75, 3.05) is 13.1 Å². The Morgan fingerprint density at radius 1 is 1.24 bits per heavy atom. The second-order valence-electron chi connectivity index (χ2n) is 5.35. The Hall–Kier alpha value is -1.29. The average molecular weight is 480 g/mol. The van der Waals surface area contributed by atoms with Gasteiger partial charge in [0.05, 0.1) is 17.2 Å². The summed E-state index contributed by atoms with van der Waals surface area (Å²) in [5.41, 5.74) is 1.49. The van der Waals surface area contributed by atoms with Gasteiger partial charge in [-0.1, -0.05) is 6.07 Å². The van der Waals surface area contributed by atoms with Gasteiger partial charge in [0.1, 0.15) is 11.6 Å². The van der Waals surface area contributed by atoms with Crippen LogP contribution in [0, 0.1) is 25.5 Å². The molecule has 0 atom stereocenters. The van der Waals surface area contributed by atoms with E-state index in [9.17, 15) is 8.78 Å². The standard InChI is InChI=1S/C17H22F2N4S.HI/c1-4-20-17(22-10-16-11(2)23-12(3)24-16)21-8-7-13-5-6-14(18)9-15(13)19;/h5-6,9H,4,7-8,10H2,1-3H3,(H2,20,21,22);1H. The van der Waals surface area contributed by atoms with E-state index >= 15 is 0 Å². The molecule has 25 heavy (non-hydrogen) atoms. The Morgan fingerprint density at radius 2 is 2.00 bits per heavy atom. The van der Waals surface area contributed by atoms with Crippen LogP contribution in [0.4, 0.5) is 8.78 Å². The van der Waals surface area contributed by atoms with Crippen molar-refractivity contribution in [1.29, 1.82) is 0 Å². The third kappa shape index (κ3) is 6.85. The molecule has 0 aliphatic rings. The Labute approximate surface area is 168 Å². The molecule has 0 spiro atoms. The predicted octanol–water partition coefficient (Wildman–Crippen LogP) is 3.95. The number of benzene rings is 1. The van der Waals surface area contributed by atoms with Crippen molar-refractivity contribution in [3.63, 3.8) is 0 Å². The highest BCUT2D eigenvalue weighted by atomic mass is 127. The third-order valence-electron chi connectivity index (χ3n) is 3.43. The van der Waals surface area contributed by atoms with Gasteiger partial charge in [0.15, 0.2) is 5.96 Å². The number of thiazole rings is 1. The Bertz CT molecular complexity index is 719. The molecule has 0 saturated heterocycles. The van der Waals surface area contributed by atoms with Crippen molar-refractivity contribution in [2.24, 2.45) is 4.99 Å². The molecule has 1 aromatic heterocycles. The summed E-state index contributed by atoms with van der Waals surface area (Å²) >= 11 is 1.64. The Kier molecular flexibility index (Phi) is 9.26. The molecular formula is C17H23F2IN4S. The number of hydrogen-bond acceptors (Lipinski definition) is 3. The fourth-order valence-electron chi connectivity index (χ4n) is 2.25. The fraction of sp³-hybridized carbons (Fsp3) is 0.412. The van der Waals surface area contributed by atoms with Crippen LogP contribution in [0.5, 0.6) is 0 Å². The number of aryl methyl sites for hydroxylation is 2. The maximum absolute atomic E-state index is 13.6. The molecule has 0 saturated carbocycles. The molecular weight excluding hydrogens is 457 g/mol. The zero-order valence-electron chi connectivity index (χ0n) is 14.5. The number of rotatable bonds is 6. The van der Waals surface area contributed by atoms with Gasteiger partial charge in [-0.15, -0.1) is 35.3 Å². The van der Waals surface area contributed by atoms with Crippen LogP contribution in [0.1, 0.15) is 28.1 Å². The zero-order valence-corrected chi connectivity index (χ0v) is 17.7. The second kappa shape index (κ2) is 10.6.